The number of carboxylic acid groups (broad SMARTS) is 2. The predicted octanol–water partition coefficient (Wildman–Crippen LogP) is -1.57. The molecule has 6 rings (SSSR count). The Hall–Kier alpha value is -11.7. The molecule has 12 atom stereocenters. The number of hydrogen-bond acceptors (Lipinski definition) is 18. The number of aryl methyl sites for hydroxylation is 2. The number of benzene rings is 5. The molecule has 32 heteroatoms. The zero-order chi connectivity index (χ0) is 77.2. The molecule has 11 amide bonds. The van der Waals surface area contributed by atoms with Gasteiger partial charge in [0.2, 0.25) is 65.0 Å². The number of H-pyrrole nitrogens is 1. The van der Waals surface area contributed by atoms with Crippen LogP contribution in [0, 0.1) is 13.8 Å². The van der Waals surface area contributed by atoms with Crippen LogP contribution in [0.25, 0.3) is 22.3 Å². The molecular weight excluding hydrogens is 1360 g/mol. The second-order valence-corrected chi connectivity index (χ2v) is 25.6. The highest BCUT2D eigenvalue weighted by molar-refractivity contribution is 6.00. The summed E-state index contributed by atoms with van der Waals surface area (Å²) in [4.78, 5) is 182. The van der Waals surface area contributed by atoms with E-state index in [1.54, 1.807) is 66.7 Å². The van der Waals surface area contributed by atoms with E-state index in [2.05, 4.69) is 63.1 Å². The normalized spacial score (nSPS) is 14.8. The number of carboxylic acids is 2. The van der Waals surface area contributed by atoms with E-state index in [9.17, 15) is 87.9 Å². The lowest BCUT2D eigenvalue weighted by Gasteiger charge is -2.34. The summed E-state index contributed by atoms with van der Waals surface area (Å²) in [7, 11) is 0. The topological polar surface area (TPSA) is 524 Å². The number of aliphatic carboxylic acids is 2. The number of rotatable bonds is 39. The number of imidazole rings is 1. The molecule has 560 valence electrons. The van der Waals surface area contributed by atoms with E-state index in [1.165, 1.54) is 26.4 Å². The van der Waals surface area contributed by atoms with E-state index in [4.69, 9.17) is 11.5 Å². The molecule has 5 aromatic carbocycles. The highest BCUT2D eigenvalue weighted by Gasteiger charge is 2.42. The minimum atomic E-state index is -2.17. The van der Waals surface area contributed by atoms with Crippen molar-refractivity contribution in [3.63, 3.8) is 0 Å². The standard InChI is InChI=1S/C73H90N14O18/c1-39-14-10-12-18-50(39)47-24-20-44(21-25-47)30-54(63(75)96)81-67(100)55(31-45-22-26-48(27-23-45)51-19-13-11-15-40(51)2)82-68(101)56(33-60(94)95)83-69(102)57(37-88)84-70(103)61(42(4)89)86-72(105)73(6,34-46-16-8-7-9-17-46)87-71(104)62(43(5)90)85-58(91)36-77-66(99)53(28-29-59(92)93)80-64(97)41(3)79-65(98)52(74)32-49-35-76-38-78-49/h7-27,35,38,41-43,52-57,61-62,88-90H,28-34,36-37,74H2,1-6H3,(H2,75,96)(H,76,78)(H,77,99)(H,79,98)(H,80,97)(H,81,100)(H,82,101)(H,83,102)(H,84,103)(H,85,91)(H,86,105)(H,87,104)(H,92,93)(H,94,95)/t41-,42-,43-,52+,53+,54+,55+,56+,57+,61+,62+,73+/m1/s1. The number of nitrogens with one attached hydrogen (secondary N) is 11. The average Bonchev–Trinajstić information content (AvgIpc) is 1.03. The number of amides is 11. The van der Waals surface area contributed by atoms with Gasteiger partial charge in [0.1, 0.15) is 53.9 Å². The first kappa shape index (κ1) is 82.2. The number of aliphatic hydroxyl groups is 3. The number of aliphatic hydroxyl groups excluding tert-OH is 3. The molecule has 0 radical (unpaired) electrons. The van der Waals surface area contributed by atoms with Crippen molar-refractivity contribution in [2.24, 2.45) is 11.5 Å². The van der Waals surface area contributed by atoms with E-state index < -0.39 is 181 Å². The first-order valence-electron chi connectivity index (χ1n) is 33.5. The van der Waals surface area contributed by atoms with Gasteiger partial charge in [0.15, 0.2) is 0 Å². The van der Waals surface area contributed by atoms with Gasteiger partial charge in [0, 0.05) is 44.0 Å². The Morgan fingerprint density at radius 1 is 0.514 bits per heavy atom. The Bertz CT molecular complexity index is 4050. The first-order chi connectivity index (χ1) is 49.7. The summed E-state index contributed by atoms with van der Waals surface area (Å²) in [6, 6.07) is 22.5. The van der Waals surface area contributed by atoms with Crippen molar-refractivity contribution in [2.75, 3.05) is 13.2 Å². The minimum Gasteiger partial charge on any atom is -0.481 e. The van der Waals surface area contributed by atoms with Crippen LogP contribution in [0.5, 0.6) is 0 Å². The molecule has 0 aliphatic rings. The SMILES string of the molecule is Cc1ccccc1-c1ccc(C[C@H](NC(=O)[C@H](Cc2ccc(-c3ccccc3C)cc2)NC(=O)[C@H](CC(=O)O)NC(=O)[C@H](CO)NC(=O)[C@@H](NC(=O)[C@](C)(Cc2ccccc2)NC(=O)[C@@H](NC(=O)CNC(=O)[C@H](CCC(=O)O)NC(=O)[C@@H](C)NC(=O)[C@@H](N)Cc2cnc[nH]2)[C@@H](C)O)[C@@H](C)O)C(N)=O)cc1. The van der Waals surface area contributed by atoms with E-state index >= 15 is 0 Å². The summed E-state index contributed by atoms with van der Waals surface area (Å²) in [5.74, 6) is -15.1. The predicted molar refractivity (Wildman–Crippen MR) is 380 cm³/mol. The molecule has 0 fully saturated rings. The van der Waals surface area contributed by atoms with Gasteiger partial charge in [-0.15, -0.1) is 0 Å². The van der Waals surface area contributed by atoms with Crippen LogP contribution >= 0.6 is 0 Å². The Labute approximate surface area is 604 Å². The molecule has 1 aromatic heterocycles. The Kier molecular flexibility index (Phi) is 30.6. The minimum absolute atomic E-state index is 0.0340. The van der Waals surface area contributed by atoms with Crippen LogP contribution in [-0.4, -0.2) is 198 Å². The molecule has 0 aliphatic heterocycles. The molecule has 0 unspecified atom stereocenters. The second-order valence-electron chi connectivity index (χ2n) is 25.6. The van der Waals surface area contributed by atoms with Crippen LogP contribution < -0.4 is 64.6 Å². The van der Waals surface area contributed by atoms with E-state index in [0.29, 0.717) is 22.4 Å². The van der Waals surface area contributed by atoms with Crippen LogP contribution in [0.4, 0.5) is 0 Å². The van der Waals surface area contributed by atoms with Crippen LogP contribution in [0.15, 0.2) is 140 Å². The Morgan fingerprint density at radius 2 is 1.01 bits per heavy atom. The zero-order valence-electron chi connectivity index (χ0n) is 58.6. The summed E-state index contributed by atoms with van der Waals surface area (Å²) < 4.78 is 0. The van der Waals surface area contributed by atoms with Crippen molar-refractivity contribution in [1.82, 2.24) is 63.1 Å². The fraction of sp³-hybridized carbons (Fsp3) is 0.370. The number of carbonyl (C=O) groups is 13. The van der Waals surface area contributed by atoms with Crippen molar-refractivity contribution >= 4 is 76.9 Å². The number of aromatic nitrogens is 2. The number of primary amides is 1. The maximum Gasteiger partial charge on any atom is 0.305 e. The van der Waals surface area contributed by atoms with Gasteiger partial charge in [-0.1, -0.05) is 127 Å². The molecule has 0 saturated heterocycles. The van der Waals surface area contributed by atoms with Gasteiger partial charge in [-0.05, 0) is 98.0 Å². The van der Waals surface area contributed by atoms with Gasteiger partial charge in [-0.2, -0.15) is 0 Å². The lowest BCUT2D eigenvalue weighted by atomic mass is 9.90. The summed E-state index contributed by atoms with van der Waals surface area (Å²) in [5.41, 5.74) is 17.3. The van der Waals surface area contributed by atoms with Gasteiger partial charge in [0.25, 0.3) is 0 Å². The summed E-state index contributed by atoms with van der Waals surface area (Å²) in [5, 5.41) is 75.4. The third-order valence-electron chi connectivity index (χ3n) is 17.0. The maximum absolute atomic E-state index is 14.6. The van der Waals surface area contributed by atoms with Crippen molar-refractivity contribution in [3.05, 3.63) is 173 Å². The molecule has 6 aromatic rings. The number of nitrogens with two attached hydrogens (primary N) is 2. The second kappa shape index (κ2) is 39.1. The number of carbonyl (C=O) groups excluding carboxylic acids is 11. The van der Waals surface area contributed by atoms with E-state index in [0.717, 1.165) is 47.2 Å². The number of aromatic amines is 1. The van der Waals surface area contributed by atoms with Gasteiger partial charge in [-0.25, -0.2) is 4.98 Å². The largest absolute Gasteiger partial charge is 0.481 e. The summed E-state index contributed by atoms with van der Waals surface area (Å²) in [6.07, 6.45) is -3.69. The summed E-state index contributed by atoms with van der Waals surface area (Å²) in [6.45, 7) is 6.33. The molecular formula is C73H90N14O18. The van der Waals surface area contributed by atoms with E-state index in [-0.39, 0.29) is 25.7 Å². The fourth-order valence-corrected chi connectivity index (χ4v) is 11.1. The molecule has 0 bridgehead atoms. The number of hydrogen-bond donors (Lipinski definition) is 18. The van der Waals surface area contributed by atoms with Gasteiger partial charge in [0.05, 0.1) is 44.1 Å². The highest BCUT2D eigenvalue weighted by Crippen LogP contribution is 2.26. The van der Waals surface area contributed by atoms with Crippen molar-refractivity contribution in [2.45, 2.75) is 159 Å². The van der Waals surface area contributed by atoms with Gasteiger partial charge in [-0.3, -0.25) is 62.3 Å². The lowest BCUT2D eigenvalue weighted by molar-refractivity contribution is -0.142. The molecule has 0 saturated carbocycles. The van der Waals surface area contributed by atoms with Crippen molar-refractivity contribution in [1.29, 1.82) is 0 Å². The molecule has 1 heterocycles. The third-order valence-corrected chi connectivity index (χ3v) is 17.0. The Balaban J connectivity index is 1.15. The third kappa shape index (κ3) is 25.0. The van der Waals surface area contributed by atoms with Crippen molar-refractivity contribution < 1.29 is 87.9 Å². The quantitative estimate of drug-likeness (QED) is 0.0207. The van der Waals surface area contributed by atoms with Crippen LogP contribution in [0.1, 0.15) is 80.5 Å². The van der Waals surface area contributed by atoms with Gasteiger partial charge < -0.3 is 95.2 Å². The average molecular weight is 1450 g/mol. The monoisotopic (exact) mass is 1450 g/mol. The smallest absolute Gasteiger partial charge is 0.305 e. The highest BCUT2D eigenvalue weighted by atomic mass is 16.4. The maximum atomic E-state index is 14.6. The number of nitrogens with zero attached hydrogens (tertiary/aromatic N) is 1. The van der Waals surface area contributed by atoms with Crippen LogP contribution in [0.3, 0.4) is 0 Å². The molecule has 0 spiro atoms. The van der Waals surface area contributed by atoms with Gasteiger partial charge >= 0.3 is 11.9 Å². The summed E-state index contributed by atoms with van der Waals surface area (Å²) >= 11 is 0. The first-order valence-corrected chi connectivity index (χ1v) is 33.5. The molecule has 20 N–H and O–H groups in total. The van der Waals surface area contributed by atoms with Crippen LogP contribution in [-0.2, 0) is 88.0 Å². The Morgan fingerprint density at radius 3 is 1.52 bits per heavy atom. The molecule has 0 aliphatic carbocycles. The van der Waals surface area contributed by atoms with Crippen LogP contribution in [0.2, 0.25) is 0 Å². The fourth-order valence-electron chi connectivity index (χ4n) is 11.1. The molecule has 32 nitrogen and oxygen atoms in total. The van der Waals surface area contributed by atoms with Crippen molar-refractivity contribution in [3.8, 4) is 22.3 Å². The zero-order valence-corrected chi connectivity index (χ0v) is 58.6. The van der Waals surface area contributed by atoms with E-state index in [1.807, 2.05) is 74.5 Å². The molecule has 105 heavy (non-hydrogen) atoms. The lowest BCUT2D eigenvalue weighted by Crippen LogP contribution is -2.67.